The SMILES string of the molecule is CCOC12CC3CC(CC(C3)C1)C2. The van der Waals surface area contributed by atoms with Crippen molar-refractivity contribution in [2.24, 2.45) is 17.8 Å². The molecule has 0 heterocycles. The smallest absolute Gasteiger partial charge is 0.0690 e. The molecule has 0 aromatic carbocycles. The van der Waals surface area contributed by atoms with Crippen LogP contribution in [0, 0.1) is 17.8 Å². The molecule has 0 saturated heterocycles. The zero-order chi connectivity index (χ0) is 8.89. The Kier molecular flexibility index (Phi) is 1.74. The summed E-state index contributed by atoms with van der Waals surface area (Å²) >= 11 is 0. The highest BCUT2D eigenvalue weighted by atomic mass is 16.5. The Labute approximate surface area is 80.8 Å². The second kappa shape index (κ2) is 2.73. The predicted octanol–water partition coefficient (Wildman–Crippen LogP) is 2.99. The topological polar surface area (TPSA) is 9.23 Å². The molecule has 0 aliphatic heterocycles. The molecule has 4 fully saturated rings. The number of hydrogen-bond acceptors (Lipinski definition) is 1. The minimum atomic E-state index is 0.351. The van der Waals surface area contributed by atoms with E-state index in [0.717, 1.165) is 24.4 Å². The van der Waals surface area contributed by atoms with Crippen LogP contribution in [0.4, 0.5) is 0 Å². The Hall–Kier alpha value is -0.0400. The molecule has 4 saturated carbocycles. The molecule has 0 unspecified atom stereocenters. The zero-order valence-electron chi connectivity index (χ0n) is 8.59. The van der Waals surface area contributed by atoms with E-state index in [1.54, 1.807) is 0 Å². The van der Waals surface area contributed by atoms with Crippen LogP contribution in [0.3, 0.4) is 0 Å². The molecule has 13 heavy (non-hydrogen) atoms. The Balaban J connectivity index is 1.83. The molecule has 0 aromatic heterocycles. The standard InChI is InChI=1S/C12H20O/c1-2-13-12-6-9-3-10(7-12)5-11(4-9)8-12/h9-11H,2-8H2,1H3. The van der Waals surface area contributed by atoms with Gasteiger partial charge in [0, 0.05) is 6.61 Å². The minimum absolute atomic E-state index is 0.351. The van der Waals surface area contributed by atoms with Crippen molar-refractivity contribution in [2.45, 2.75) is 51.0 Å². The highest BCUT2D eigenvalue weighted by Gasteiger charge is 2.51. The van der Waals surface area contributed by atoms with Crippen molar-refractivity contribution in [2.75, 3.05) is 6.61 Å². The maximum absolute atomic E-state index is 6.04. The average Bonchev–Trinajstić information content (AvgIpc) is 2.00. The normalized spacial score (nSPS) is 52.8. The second-order valence-corrected chi connectivity index (χ2v) is 5.53. The highest BCUT2D eigenvalue weighted by molar-refractivity contribution is 5.02. The number of hydrogen-bond donors (Lipinski definition) is 0. The molecule has 1 heteroatoms. The average molecular weight is 180 g/mol. The molecule has 4 rings (SSSR count). The van der Waals surface area contributed by atoms with Crippen LogP contribution in [0.1, 0.15) is 45.4 Å². The fourth-order valence-electron chi connectivity index (χ4n) is 4.51. The molecule has 0 aromatic rings. The van der Waals surface area contributed by atoms with E-state index >= 15 is 0 Å². The van der Waals surface area contributed by atoms with Gasteiger partial charge in [-0.05, 0) is 63.2 Å². The summed E-state index contributed by atoms with van der Waals surface area (Å²) in [5, 5.41) is 0. The van der Waals surface area contributed by atoms with Crippen molar-refractivity contribution >= 4 is 0 Å². The van der Waals surface area contributed by atoms with E-state index in [0.29, 0.717) is 5.60 Å². The molecular formula is C12H20O. The Morgan fingerprint density at radius 2 is 1.46 bits per heavy atom. The van der Waals surface area contributed by atoms with E-state index in [9.17, 15) is 0 Å². The van der Waals surface area contributed by atoms with Gasteiger partial charge in [0.15, 0.2) is 0 Å². The second-order valence-electron chi connectivity index (χ2n) is 5.53. The molecule has 0 spiro atoms. The lowest BCUT2D eigenvalue weighted by molar-refractivity contribution is -0.159. The number of ether oxygens (including phenoxy) is 1. The summed E-state index contributed by atoms with van der Waals surface area (Å²) in [7, 11) is 0. The maximum Gasteiger partial charge on any atom is 0.0690 e. The quantitative estimate of drug-likeness (QED) is 0.634. The summed E-state index contributed by atoms with van der Waals surface area (Å²) in [6.45, 7) is 3.07. The summed E-state index contributed by atoms with van der Waals surface area (Å²) < 4.78 is 6.04. The summed E-state index contributed by atoms with van der Waals surface area (Å²) in [5.41, 5.74) is 0.351. The van der Waals surface area contributed by atoms with Crippen LogP contribution in [0.5, 0.6) is 0 Å². The summed E-state index contributed by atoms with van der Waals surface area (Å²) in [6.07, 6.45) is 8.71. The lowest BCUT2D eigenvalue weighted by Gasteiger charge is -2.56. The van der Waals surface area contributed by atoms with E-state index in [4.69, 9.17) is 4.74 Å². The molecule has 0 N–H and O–H groups in total. The van der Waals surface area contributed by atoms with Gasteiger partial charge < -0.3 is 4.74 Å². The van der Waals surface area contributed by atoms with Gasteiger partial charge in [0.05, 0.1) is 5.60 Å². The van der Waals surface area contributed by atoms with Gasteiger partial charge in [-0.3, -0.25) is 0 Å². The van der Waals surface area contributed by atoms with E-state index in [2.05, 4.69) is 6.92 Å². The van der Waals surface area contributed by atoms with Gasteiger partial charge in [-0.2, -0.15) is 0 Å². The van der Waals surface area contributed by atoms with E-state index in [1.165, 1.54) is 38.5 Å². The largest absolute Gasteiger partial charge is 0.375 e. The lowest BCUT2D eigenvalue weighted by Crippen LogP contribution is -2.51. The van der Waals surface area contributed by atoms with Gasteiger partial charge in [0.1, 0.15) is 0 Å². The first-order valence-corrected chi connectivity index (χ1v) is 5.93. The Bertz CT molecular complexity index is 174. The van der Waals surface area contributed by atoms with Crippen LogP contribution in [-0.2, 0) is 4.74 Å². The Morgan fingerprint density at radius 1 is 1.00 bits per heavy atom. The molecule has 4 aliphatic carbocycles. The third-order valence-corrected chi connectivity index (χ3v) is 4.43. The Morgan fingerprint density at radius 3 is 1.85 bits per heavy atom. The van der Waals surface area contributed by atoms with Crippen molar-refractivity contribution in [3.05, 3.63) is 0 Å². The molecule has 0 atom stereocenters. The predicted molar refractivity (Wildman–Crippen MR) is 52.5 cm³/mol. The molecule has 1 nitrogen and oxygen atoms in total. The first-order chi connectivity index (χ1) is 6.30. The van der Waals surface area contributed by atoms with E-state index in [1.807, 2.05) is 0 Å². The molecular weight excluding hydrogens is 160 g/mol. The van der Waals surface area contributed by atoms with Crippen molar-refractivity contribution in [1.29, 1.82) is 0 Å². The van der Waals surface area contributed by atoms with Crippen molar-refractivity contribution in [3.63, 3.8) is 0 Å². The minimum Gasteiger partial charge on any atom is -0.375 e. The lowest BCUT2D eigenvalue weighted by atomic mass is 9.54. The van der Waals surface area contributed by atoms with Crippen molar-refractivity contribution in [1.82, 2.24) is 0 Å². The van der Waals surface area contributed by atoms with Crippen LogP contribution < -0.4 is 0 Å². The number of rotatable bonds is 2. The monoisotopic (exact) mass is 180 g/mol. The first kappa shape index (κ1) is 8.28. The third kappa shape index (κ3) is 1.24. The van der Waals surface area contributed by atoms with Gasteiger partial charge in [0.25, 0.3) is 0 Å². The maximum atomic E-state index is 6.04. The molecule has 4 aliphatic rings. The molecule has 0 radical (unpaired) electrons. The zero-order valence-corrected chi connectivity index (χ0v) is 8.59. The van der Waals surface area contributed by atoms with Gasteiger partial charge in [-0.1, -0.05) is 0 Å². The molecule has 4 bridgehead atoms. The fourth-order valence-corrected chi connectivity index (χ4v) is 4.51. The van der Waals surface area contributed by atoms with Crippen LogP contribution in [0.2, 0.25) is 0 Å². The van der Waals surface area contributed by atoms with Crippen LogP contribution >= 0.6 is 0 Å². The van der Waals surface area contributed by atoms with E-state index in [-0.39, 0.29) is 0 Å². The molecule has 74 valence electrons. The van der Waals surface area contributed by atoms with Gasteiger partial charge in [-0.25, -0.2) is 0 Å². The van der Waals surface area contributed by atoms with Crippen molar-refractivity contribution in [3.8, 4) is 0 Å². The van der Waals surface area contributed by atoms with Crippen LogP contribution in [-0.4, -0.2) is 12.2 Å². The van der Waals surface area contributed by atoms with Gasteiger partial charge >= 0.3 is 0 Å². The molecule has 0 amide bonds. The summed E-state index contributed by atoms with van der Waals surface area (Å²) in [6, 6.07) is 0. The van der Waals surface area contributed by atoms with Crippen LogP contribution in [0.25, 0.3) is 0 Å². The highest BCUT2D eigenvalue weighted by Crippen LogP contribution is 2.56. The summed E-state index contributed by atoms with van der Waals surface area (Å²) in [4.78, 5) is 0. The van der Waals surface area contributed by atoms with Gasteiger partial charge in [-0.15, -0.1) is 0 Å². The van der Waals surface area contributed by atoms with Crippen molar-refractivity contribution < 1.29 is 4.74 Å². The van der Waals surface area contributed by atoms with E-state index < -0.39 is 0 Å². The van der Waals surface area contributed by atoms with Gasteiger partial charge in [0.2, 0.25) is 0 Å². The van der Waals surface area contributed by atoms with Crippen LogP contribution in [0.15, 0.2) is 0 Å². The third-order valence-electron chi connectivity index (χ3n) is 4.43. The summed E-state index contributed by atoms with van der Waals surface area (Å²) in [5.74, 6) is 3.08. The first-order valence-electron chi connectivity index (χ1n) is 5.93. The fraction of sp³-hybridized carbons (Fsp3) is 1.00.